The summed E-state index contributed by atoms with van der Waals surface area (Å²) < 4.78 is 54.5. The number of carbonyl (C=O) groups excluding carboxylic acids is 1. The van der Waals surface area contributed by atoms with Gasteiger partial charge < -0.3 is 29.9 Å². The molecule has 0 spiro atoms. The fourth-order valence-corrected chi connectivity index (χ4v) is 6.35. The third-order valence-corrected chi connectivity index (χ3v) is 8.65. The Morgan fingerprint density at radius 3 is 2.51 bits per heavy atom. The minimum atomic E-state index is -4.72. The van der Waals surface area contributed by atoms with Crippen molar-refractivity contribution in [3.8, 4) is 23.3 Å². The molecule has 2 aliphatic rings. The fourth-order valence-electron chi connectivity index (χ4n) is 6.10. The summed E-state index contributed by atoms with van der Waals surface area (Å²) in [4.78, 5) is 32.1. The molecule has 4 heterocycles. The lowest BCUT2D eigenvalue weighted by molar-refractivity contribution is -0.137. The van der Waals surface area contributed by atoms with Crippen molar-refractivity contribution in [2.75, 3.05) is 50.5 Å². The van der Waals surface area contributed by atoms with E-state index in [0.29, 0.717) is 24.4 Å². The summed E-state index contributed by atoms with van der Waals surface area (Å²) in [5.74, 6) is 0.332. The standard InChI is InChI=1S/C32H38ClF3N8O3/c1-18-13-25(38)40-27(26(18)32(34,35)36)21-15-24-22(14-23(21)33)28(41-29(39-24)46-17-20-7-6-10-42(20)5)43-11-12-44(19(16-43)8-9-37)30(45)47-31(2,3)4/h13-15,19-20H,6-8,10-12,16-17H2,1-5H3,(H2,38,40). The second-order valence-electron chi connectivity index (χ2n) is 13.0. The molecule has 47 heavy (non-hydrogen) atoms. The first kappa shape index (κ1) is 34.3. The van der Waals surface area contributed by atoms with Gasteiger partial charge in [0.1, 0.15) is 23.8 Å². The molecule has 2 saturated heterocycles. The number of fused-ring (bicyclic) bond motifs is 1. The number of likely N-dealkylation sites (N-methyl/N-ethyl adjacent to an activating group) is 1. The number of alkyl halides is 3. The molecular weight excluding hydrogens is 637 g/mol. The molecule has 11 nitrogen and oxygen atoms in total. The number of anilines is 2. The first-order valence-corrected chi connectivity index (χ1v) is 15.7. The van der Waals surface area contributed by atoms with Crippen molar-refractivity contribution in [2.24, 2.45) is 0 Å². The summed E-state index contributed by atoms with van der Waals surface area (Å²) >= 11 is 6.71. The van der Waals surface area contributed by atoms with Crippen LogP contribution in [-0.4, -0.2) is 88.4 Å². The van der Waals surface area contributed by atoms with Crippen molar-refractivity contribution in [1.29, 1.82) is 5.26 Å². The lowest BCUT2D eigenvalue weighted by Gasteiger charge is -2.41. The zero-order valence-corrected chi connectivity index (χ0v) is 27.7. The molecule has 0 saturated carbocycles. The van der Waals surface area contributed by atoms with Crippen molar-refractivity contribution in [3.05, 3.63) is 34.3 Å². The van der Waals surface area contributed by atoms with E-state index in [1.54, 1.807) is 25.7 Å². The summed E-state index contributed by atoms with van der Waals surface area (Å²) in [6, 6.07) is 5.95. The molecule has 2 N–H and O–H groups in total. The van der Waals surface area contributed by atoms with Crippen LogP contribution < -0.4 is 15.4 Å². The first-order valence-electron chi connectivity index (χ1n) is 15.4. The van der Waals surface area contributed by atoms with Gasteiger partial charge in [-0.05, 0) is 77.9 Å². The van der Waals surface area contributed by atoms with Gasteiger partial charge >= 0.3 is 18.3 Å². The highest BCUT2D eigenvalue weighted by molar-refractivity contribution is 6.34. The largest absolute Gasteiger partial charge is 0.462 e. The minimum absolute atomic E-state index is 0.00474. The van der Waals surface area contributed by atoms with Crippen LogP contribution in [0, 0.1) is 18.3 Å². The number of nitrogen functional groups attached to an aromatic ring is 1. The molecule has 2 unspecified atom stereocenters. The highest BCUT2D eigenvalue weighted by Gasteiger charge is 2.38. The molecule has 2 aliphatic heterocycles. The number of nitrogens with two attached hydrogens (primary N) is 1. The summed E-state index contributed by atoms with van der Waals surface area (Å²) in [7, 11) is 2.01. The highest BCUT2D eigenvalue weighted by Crippen LogP contribution is 2.43. The van der Waals surface area contributed by atoms with E-state index in [1.807, 2.05) is 11.9 Å². The Bertz CT molecular complexity index is 1710. The average Bonchev–Trinajstić information content (AvgIpc) is 3.37. The molecule has 1 aromatic carbocycles. The average molecular weight is 675 g/mol. The number of amides is 1. The van der Waals surface area contributed by atoms with Gasteiger partial charge in [-0.15, -0.1) is 0 Å². The van der Waals surface area contributed by atoms with Crippen LogP contribution in [0.25, 0.3) is 22.2 Å². The Balaban J connectivity index is 1.60. The Kier molecular flexibility index (Phi) is 9.62. The van der Waals surface area contributed by atoms with Crippen LogP contribution in [0.2, 0.25) is 5.02 Å². The van der Waals surface area contributed by atoms with Crippen molar-refractivity contribution < 1.29 is 27.4 Å². The zero-order chi connectivity index (χ0) is 34.3. The number of ether oxygens (including phenoxy) is 2. The molecule has 5 rings (SSSR count). The number of halogens is 4. The number of benzene rings is 1. The molecule has 0 radical (unpaired) electrons. The van der Waals surface area contributed by atoms with E-state index in [0.717, 1.165) is 19.4 Å². The number of nitriles is 1. The van der Waals surface area contributed by atoms with Gasteiger partial charge in [0, 0.05) is 36.6 Å². The first-order chi connectivity index (χ1) is 22.1. The van der Waals surface area contributed by atoms with Gasteiger partial charge in [-0.1, -0.05) is 11.6 Å². The van der Waals surface area contributed by atoms with Crippen LogP contribution in [0.15, 0.2) is 18.2 Å². The van der Waals surface area contributed by atoms with Crippen LogP contribution in [-0.2, 0) is 10.9 Å². The number of likely N-dealkylation sites (tertiary alicyclic amines) is 1. The molecule has 2 fully saturated rings. The van der Waals surface area contributed by atoms with Crippen LogP contribution >= 0.6 is 11.6 Å². The Hall–Kier alpha value is -4.09. The maximum Gasteiger partial charge on any atom is 0.418 e. The van der Waals surface area contributed by atoms with E-state index in [1.165, 1.54) is 25.1 Å². The zero-order valence-electron chi connectivity index (χ0n) is 27.0. The Morgan fingerprint density at radius 1 is 1.13 bits per heavy atom. The number of aryl methyl sites for hydroxylation is 1. The number of nitrogens with zero attached hydrogens (tertiary/aromatic N) is 7. The number of rotatable bonds is 6. The number of aromatic nitrogens is 3. The van der Waals surface area contributed by atoms with Crippen molar-refractivity contribution in [1.82, 2.24) is 24.8 Å². The number of hydrogen-bond donors (Lipinski definition) is 1. The highest BCUT2D eigenvalue weighted by atomic mass is 35.5. The molecule has 0 aliphatic carbocycles. The maximum atomic E-state index is 14.3. The summed E-state index contributed by atoms with van der Waals surface area (Å²) in [6.45, 7) is 8.69. The predicted molar refractivity (Wildman–Crippen MR) is 172 cm³/mol. The topological polar surface area (TPSA) is 134 Å². The smallest absolute Gasteiger partial charge is 0.418 e. The Labute approximate surface area is 276 Å². The fraction of sp³-hybridized carbons (Fsp3) is 0.531. The normalized spacial score (nSPS) is 19.2. The van der Waals surface area contributed by atoms with Crippen molar-refractivity contribution in [2.45, 2.75) is 70.8 Å². The van der Waals surface area contributed by atoms with E-state index in [-0.39, 0.29) is 59.0 Å². The number of piperazine rings is 1. The minimum Gasteiger partial charge on any atom is -0.462 e. The van der Waals surface area contributed by atoms with Crippen LogP contribution in [0.5, 0.6) is 6.01 Å². The number of hydrogen-bond acceptors (Lipinski definition) is 10. The monoisotopic (exact) mass is 674 g/mol. The molecule has 3 aromatic rings. The van der Waals surface area contributed by atoms with Crippen molar-refractivity contribution >= 4 is 40.2 Å². The van der Waals surface area contributed by atoms with Gasteiger partial charge in [0.2, 0.25) is 0 Å². The van der Waals surface area contributed by atoms with Crippen LogP contribution in [0.3, 0.4) is 0 Å². The third-order valence-electron chi connectivity index (χ3n) is 8.33. The molecule has 2 aromatic heterocycles. The van der Waals surface area contributed by atoms with Gasteiger partial charge in [-0.25, -0.2) is 9.78 Å². The second kappa shape index (κ2) is 13.2. The van der Waals surface area contributed by atoms with Gasteiger partial charge in [0.05, 0.1) is 40.3 Å². The molecule has 15 heteroatoms. The SMILES string of the molecule is Cc1cc(N)nc(-c2cc3nc(OCC4CCCN4C)nc(N4CCN(C(=O)OC(C)(C)C)C(CC#N)C4)c3cc2Cl)c1C(F)(F)F. The molecule has 0 bridgehead atoms. The third kappa shape index (κ3) is 7.57. The quantitative estimate of drug-likeness (QED) is 0.329. The second-order valence-corrected chi connectivity index (χ2v) is 13.4. The number of carbonyl (C=O) groups is 1. The molecule has 1 amide bonds. The van der Waals surface area contributed by atoms with Gasteiger partial charge in [-0.3, -0.25) is 0 Å². The van der Waals surface area contributed by atoms with E-state index in [2.05, 4.69) is 20.9 Å². The van der Waals surface area contributed by atoms with Gasteiger partial charge in [-0.2, -0.15) is 28.4 Å². The number of pyridine rings is 1. The van der Waals surface area contributed by atoms with Crippen LogP contribution in [0.4, 0.5) is 29.6 Å². The summed E-state index contributed by atoms with van der Waals surface area (Å²) in [5, 5.41) is 10.1. The van der Waals surface area contributed by atoms with Gasteiger partial charge in [0.25, 0.3) is 0 Å². The van der Waals surface area contributed by atoms with Crippen molar-refractivity contribution in [3.63, 3.8) is 0 Å². The predicted octanol–water partition coefficient (Wildman–Crippen LogP) is 6.07. The van der Waals surface area contributed by atoms with Crippen LogP contribution in [0.1, 0.15) is 51.2 Å². The van der Waals surface area contributed by atoms with E-state index >= 15 is 0 Å². The van der Waals surface area contributed by atoms with Gasteiger partial charge in [0.15, 0.2) is 0 Å². The molecular formula is C32H38ClF3N8O3. The van der Waals surface area contributed by atoms with E-state index in [4.69, 9.17) is 31.8 Å². The maximum absolute atomic E-state index is 14.3. The lowest BCUT2D eigenvalue weighted by atomic mass is 9.99. The van der Waals surface area contributed by atoms with E-state index < -0.39 is 35.2 Å². The lowest BCUT2D eigenvalue weighted by Crippen LogP contribution is -2.56. The summed E-state index contributed by atoms with van der Waals surface area (Å²) in [5.41, 5.74) is 4.03. The Morgan fingerprint density at radius 2 is 1.87 bits per heavy atom. The summed E-state index contributed by atoms with van der Waals surface area (Å²) in [6.07, 6.45) is -3.22. The molecule has 2 atom stereocenters. The molecule has 252 valence electrons. The van der Waals surface area contributed by atoms with E-state index in [9.17, 15) is 23.2 Å².